The van der Waals surface area contributed by atoms with E-state index in [9.17, 15) is 13.2 Å². The summed E-state index contributed by atoms with van der Waals surface area (Å²) in [4.78, 5) is 14.9. The number of nitrogens with one attached hydrogen (secondary N) is 1. The summed E-state index contributed by atoms with van der Waals surface area (Å²) in [5.74, 6) is -1.24. The van der Waals surface area contributed by atoms with Crippen LogP contribution in [0.4, 0.5) is 0 Å². The summed E-state index contributed by atoms with van der Waals surface area (Å²) in [5.41, 5.74) is 1.24. The van der Waals surface area contributed by atoms with Gasteiger partial charge in [0.1, 0.15) is 10.9 Å². The zero-order valence-corrected chi connectivity index (χ0v) is 11.8. The van der Waals surface area contributed by atoms with E-state index >= 15 is 0 Å². The molecule has 0 unspecified atom stereocenters. The van der Waals surface area contributed by atoms with Crippen LogP contribution in [-0.4, -0.2) is 30.5 Å². The third-order valence-corrected chi connectivity index (χ3v) is 4.37. The van der Waals surface area contributed by atoms with Gasteiger partial charge in [-0.15, -0.1) is 0 Å². The third kappa shape index (κ3) is 2.78. The number of nitrogens with zero attached hydrogens (tertiary/aromatic N) is 1. The quantitative estimate of drug-likeness (QED) is 0.886. The van der Waals surface area contributed by atoms with Crippen LogP contribution in [0.1, 0.15) is 12.5 Å². The van der Waals surface area contributed by atoms with E-state index in [2.05, 4.69) is 9.71 Å². The molecule has 0 saturated carbocycles. The number of carbonyl (C=O) groups is 1. The second kappa shape index (κ2) is 5.18. The zero-order chi connectivity index (χ0) is 14.9. The van der Waals surface area contributed by atoms with Gasteiger partial charge in [0.05, 0.1) is 5.52 Å². The fraction of sp³-hybridized carbons (Fsp3) is 0.231. The predicted molar refractivity (Wildman–Crippen MR) is 73.9 cm³/mol. The first-order chi connectivity index (χ1) is 9.31. The lowest BCUT2D eigenvalue weighted by atomic mass is 10.2. The summed E-state index contributed by atoms with van der Waals surface area (Å²) in [6.07, 6.45) is 1.57. The average molecular weight is 294 g/mol. The van der Waals surface area contributed by atoms with Crippen molar-refractivity contribution in [1.82, 2.24) is 9.71 Å². The lowest BCUT2D eigenvalue weighted by Gasteiger charge is -2.11. The first kappa shape index (κ1) is 14.4. The molecule has 1 heterocycles. The highest BCUT2D eigenvalue weighted by atomic mass is 32.2. The molecular weight excluding hydrogens is 280 g/mol. The van der Waals surface area contributed by atoms with Crippen LogP contribution in [0.5, 0.6) is 0 Å². The third-order valence-electron chi connectivity index (χ3n) is 2.80. The van der Waals surface area contributed by atoms with Crippen LogP contribution >= 0.6 is 0 Å². The Morgan fingerprint density at radius 1 is 1.40 bits per heavy atom. The fourth-order valence-electron chi connectivity index (χ4n) is 1.81. The van der Waals surface area contributed by atoms with Crippen molar-refractivity contribution < 1.29 is 18.3 Å². The number of benzene rings is 1. The van der Waals surface area contributed by atoms with Gasteiger partial charge >= 0.3 is 5.97 Å². The number of aromatic nitrogens is 1. The number of fused-ring (bicyclic) bond motifs is 1. The van der Waals surface area contributed by atoms with E-state index in [1.807, 2.05) is 13.0 Å². The van der Waals surface area contributed by atoms with Gasteiger partial charge in [-0.3, -0.25) is 9.78 Å². The van der Waals surface area contributed by atoms with Crippen LogP contribution in [0.3, 0.4) is 0 Å². The van der Waals surface area contributed by atoms with Gasteiger partial charge < -0.3 is 5.11 Å². The van der Waals surface area contributed by atoms with E-state index in [0.29, 0.717) is 10.9 Å². The van der Waals surface area contributed by atoms with Gasteiger partial charge in [-0.1, -0.05) is 12.1 Å². The Kier molecular flexibility index (Phi) is 3.74. The molecule has 2 N–H and O–H groups in total. The molecule has 106 valence electrons. The SMILES string of the molecule is Cc1cnc2c(S(=O)(=O)N[C@H](C)C(=O)O)cccc2c1. The summed E-state index contributed by atoms with van der Waals surface area (Å²) in [6.45, 7) is 3.13. The van der Waals surface area contributed by atoms with Crippen LogP contribution in [-0.2, 0) is 14.8 Å². The van der Waals surface area contributed by atoms with Gasteiger partial charge in [0.15, 0.2) is 0 Å². The van der Waals surface area contributed by atoms with Crippen LogP contribution in [0.25, 0.3) is 10.9 Å². The Balaban J connectivity index is 2.55. The molecule has 0 aliphatic heterocycles. The van der Waals surface area contributed by atoms with Gasteiger partial charge in [-0.05, 0) is 31.5 Å². The number of sulfonamides is 1. The molecule has 2 aromatic rings. The maximum atomic E-state index is 12.2. The Morgan fingerprint density at radius 2 is 2.10 bits per heavy atom. The first-order valence-corrected chi connectivity index (χ1v) is 7.40. The van der Waals surface area contributed by atoms with Crippen molar-refractivity contribution in [2.75, 3.05) is 0 Å². The van der Waals surface area contributed by atoms with E-state index in [-0.39, 0.29) is 4.90 Å². The zero-order valence-electron chi connectivity index (χ0n) is 11.0. The predicted octanol–water partition coefficient (Wildman–Crippen LogP) is 1.29. The molecule has 7 heteroatoms. The first-order valence-electron chi connectivity index (χ1n) is 5.92. The minimum Gasteiger partial charge on any atom is -0.480 e. The van der Waals surface area contributed by atoms with Crippen molar-refractivity contribution in [2.24, 2.45) is 0 Å². The summed E-state index contributed by atoms with van der Waals surface area (Å²) in [5, 5.41) is 9.49. The van der Waals surface area contributed by atoms with Crippen LogP contribution in [0.2, 0.25) is 0 Å². The lowest BCUT2D eigenvalue weighted by Crippen LogP contribution is -2.38. The van der Waals surface area contributed by atoms with E-state index in [1.165, 1.54) is 13.0 Å². The molecule has 0 saturated heterocycles. The van der Waals surface area contributed by atoms with Crippen molar-refractivity contribution >= 4 is 26.9 Å². The summed E-state index contributed by atoms with van der Waals surface area (Å²) in [6, 6.07) is 5.38. The smallest absolute Gasteiger partial charge is 0.321 e. The van der Waals surface area contributed by atoms with E-state index in [0.717, 1.165) is 5.56 Å². The molecule has 6 nitrogen and oxygen atoms in total. The van der Waals surface area contributed by atoms with Gasteiger partial charge in [0.25, 0.3) is 0 Å². The van der Waals surface area contributed by atoms with Crippen LogP contribution in [0, 0.1) is 6.92 Å². The Morgan fingerprint density at radius 3 is 2.75 bits per heavy atom. The van der Waals surface area contributed by atoms with Crippen molar-refractivity contribution in [3.63, 3.8) is 0 Å². The van der Waals surface area contributed by atoms with Gasteiger partial charge in [-0.25, -0.2) is 8.42 Å². The molecular formula is C13H14N2O4S. The molecule has 0 spiro atoms. The molecule has 0 radical (unpaired) electrons. The number of aryl methyl sites for hydroxylation is 1. The molecule has 1 atom stereocenters. The van der Waals surface area contributed by atoms with Crippen LogP contribution in [0.15, 0.2) is 35.4 Å². The van der Waals surface area contributed by atoms with Crippen molar-refractivity contribution in [1.29, 1.82) is 0 Å². The number of hydrogen-bond acceptors (Lipinski definition) is 4. The second-order valence-corrected chi connectivity index (χ2v) is 6.20. The number of pyridine rings is 1. The summed E-state index contributed by atoms with van der Waals surface area (Å²) >= 11 is 0. The van der Waals surface area contributed by atoms with Gasteiger partial charge in [-0.2, -0.15) is 4.72 Å². The Hall–Kier alpha value is -1.99. The molecule has 0 aliphatic carbocycles. The average Bonchev–Trinajstić information content (AvgIpc) is 2.36. The molecule has 0 amide bonds. The van der Waals surface area contributed by atoms with Gasteiger partial charge in [0.2, 0.25) is 10.0 Å². The number of aliphatic carboxylic acids is 1. The number of carboxylic acids is 1. The van der Waals surface area contributed by atoms with E-state index in [1.54, 1.807) is 18.3 Å². The molecule has 2 rings (SSSR count). The standard InChI is InChI=1S/C13H14N2O4S/c1-8-6-10-4-3-5-11(12(10)14-7-8)20(18,19)15-9(2)13(16)17/h3-7,9,15H,1-2H3,(H,16,17)/t9-/m1/s1. The van der Waals surface area contributed by atoms with Crippen LogP contribution < -0.4 is 4.72 Å². The Labute approximate surface area is 116 Å². The monoisotopic (exact) mass is 294 g/mol. The fourth-order valence-corrected chi connectivity index (χ4v) is 3.18. The lowest BCUT2D eigenvalue weighted by molar-refractivity contribution is -0.138. The largest absolute Gasteiger partial charge is 0.480 e. The molecule has 0 bridgehead atoms. The maximum absolute atomic E-state index is 12.2. The second-order valence-electron chi connectivity index (χ2n) is 4.52. The van der Waals surface area contributed by atoms with Crippen molar-refractivity contribution in [2.45, 2.75) is 24.8 Å². The highest BCUT2D eigenvalue weighted by molar-refractivity contribution is 7.89. The highest BCUT2D eigenvalue weighted by Gasteiger charge is 2.23. The van der Waals surface area contributed by atoms with E-state index < -0.39 is 22.0 Å². The molecule has 1 aromatic heterocycles. The van der Waals surface area contributed by atoms with Crippen molar-refractivity contribution in [3.8, 4) is 0 Å². The van der Waals surface area contributed by atoms with Crippen molar-refractivity contribution in [3.05, 3.63) is 36.0 Å². The molecule has 1 aromatic carbocycles. The normalized spacial score (nSPS) is 13.3. The summed E-state index contributed by atoms with van der Waals surface area (Å²) in [7, 11) is -3.94. The van der Waals surface area contributed by atoms with Gasteiger partial charge in [0, 0.05) is 11.6 Å². The maximum Gasteiger partial charge on any atom is 0.321 e. The van der Waals surface area contributed by atoms with E-state index in [4.69, 9.17) is 5.11 Å². The number of carboxylic acid groups (broad SMARTS) is 1. The topological polar surface area (TPSA) is 96.4 Å². The summed E-state index contributed by atoms with van der Waals surface area (Å²) < 4.78 is 26.6. The Bertz CT molecular complexity index is 771. The minimum atomic E-state index is -3.94. The number of para-hydroxylation sites is 1. The number of rotatable bonds is 4. The molecule has 0 fully saturated rings. The minimum absolute atomic E-state index is 0.0249. The number of hydrogen-bond donors (Lipinski definition) is 2. The molecule has 20 heavy (non-hydrogen) atoms. The highest BCUT2D eigenvalue weighted by Crippen LogP contribution is 2.21. The molecule has 0 aliphatic rings.